The second kappa shape index (κ2) is 12.9. The van der Waals surface area contributed by atoms with E-state index < -0.39 is 23.7 Å². The van der Waals surface area contributed by atoms with Crippen molar-refractivity contribution in [2.75, 3.05) is 36.8 Å². The minimum absolute atomic E-state index is 0.0554. The number of imidazole rings is 1. The van der Waals surface area contributed by atoms with Crippen molar-refractivity contribution in [1.29, 1.82) is 0 Å². The van der Waals surface area contributed by atoms with Gasteiger partial charge < -0.3 is 25.4 Å². The number of piperidine rings is 1. The summed E-state index contributed by atoms with van der Waals surface area (Å²) in [5.74, 6) is 0.0869. The fourth-order valence-corrected chi connectivity index (χ4v) is 6.24. The number of nitrogens with one attached hydrogen (secondary N) is 3. The Balaban J connectivity index is 1.27. The van der Waals surface area contributed by atoms with E-state index >= 15 is 0 Å². The standard InChI is InChI=1S/C34H37F3N6O2/c1-2-7-30-33(45)41-27-12-11-25(38-14-17-42-15-4-3-5-16-42)20-26(27)31-40-28-19-23(10-13-29(28)43(30)31)32(44)39-21-22-8-6-9-24(18-22)34(35,36)37/h6,8-13,18-20,30,38H,2-5,7,14-17,21H2,1H3,(H,39,44)(H,41,45). The van der Waals surface area contributed by atoms with Crippen LogP contribution < -0.4 is 16.0 Å². The lowest BCUT2D eigenvalue weighted by Gasteiger charge is -2.26. The molecule has 2 amide bonds. The van der Waals surface area contributed by atoms with Gasteiger partial charge in [0.1, 0.15) is 11.9 Å². The Labute approximate surface area is 260 Å². The van der Waals surface area contributed by atoms with Crippen LogP contribution in [0.4, 0.5) is 24.5 Å². The Kier molecular flexibility index (Phi) is 8.80. The topological polar surface area (TPSA) is 91.3 Å². The zero-order chi connectivity index (χ0) is 31.6. The highest BCUT2D eigenvalue weighted by Crippen LogP contribution is 2.39. The summed E-state index contributed by atoms with van der Waals surface area (Å²) in [6.45, 7) is 6.00. The minimum atomic E-state index is -4.46. The molecule has 3 N–H and O–H groups in total. The molecule has 3 heterocycles. The van der Waals surface area contributed by atoms with E-state index in [-0.39, 0.29) is 12.5 Å². The number of fused-ring (bicyclic) bond motifs is 5. The molecule has 0 spiro atoms. The largest absolute Gasteiger partial charge is 0.416 e. The molecule has 0 radical (unpaired) electrons. The summed E-state index contributed by atoms with van der Waals surface area (Å²) in [7, 11) is 0. The third-order valence-corrected chi connectivity index (χ3v) is 8.56. The maximum Gasteiger partial charge on any atom is 0.416 e. The van der Waals surface area contributed by atoms with Gasteiger partial charge >= 0.3 is 6.18 Å². The van der Waals surface area contributed by atoms with Gasteiger partial charge in [-0.2, -0.15) is 13.2 Å². The number of carbonyl (C=O) groups is 2. The van der Waals surface area contributed by atoms with E-state index in [9.17, 15) is 22.8 Å². The number of carbonyl (C=O) groups excluding carboxylic acids is 2. The summed E-state index contributed by atoms with van der Waals surface area (Å²) >= 11 is 0. The molecule has 45 heavy (non-hydrogen) atoms. The van der Waals surface area contributed by atoms with E-state index in [1.54, 1.807) is 18.2 Å². The molecule has 1 aromatic heterocycles. The van der Waals surface area contributed by atoms with E-state index in [1.807, 2.05) is 29.7 Å². The average Bonchev–Trinajstić information content (AvgIpc) is 3.36. The molecule has 0 saturated carbocycles. The van der Waals surface area contributed by atoms with Gasteiger partial charge in [-0.05, 0) is 86.4 Å². The van der Waals surface area contributed by atoms with Crippen LogP contribution in [-0.2, 0) is 17.5 Å². The Morgan fingerprint density at radius 3 is 2.64 bits per heavy atom. The zero-order valence-electron chi connectivity index (χ0n) is 25.2. The summed E-state index contributed by atoms with van der Waals surface area (Å²) in [4.78, 5) is 34.0. The molecule has 2 aliphatic heterocycles. The molecule has 6 rings (SSSR count). The normalized spacial score (nSPS) is 16.9. The maximum absolute atomic E-state index is 13.5. The fourth-order valence-electron chi connectivity index (χ4n) is 6.24. The molecule has 236 valence electrons. The van der Waals surface area contributed by atoms with Crippen molar-refractivity contribution in [1.82, 2.24) is 19.8 Å². The van der Waals surface area contributed by atoms with Crippen LogP contribution in [0.5, 0.6) is 0 Å². The quantitative estimate of drug-likeness (QED) is 0.191. The Hall–Kier alpha value is -4.38. The van der Waals surface area contributed by atoms with E-state index in [4.69, 9.17) is 4.98 Å². The Bertz CT molecular complexity index is 1710. The number of likely N-dealkylation sites (tertiary alicyclic amines) is 1. The number of benzene rings is 3. The number of nitrogens with zero attached hydrogens (tertiary/aromatic N) is 3. The first-order valence-electron chi connectivity index (χ1n) is 15.6. The predicted octanol–water partition coefficient (Wildman–Crippen LogP) is 6.84. The van der Waals surface area contributed by atoms with Crippen LogP contribution in [0.1, 0.15) is 66.6 Å². The number of amides is 2. The van der Waals surface area contributed by atoms with Crippen LogP contribution in [0.2, 0.25) is 0 Å². The van der Waals surface area contributed by atoms with Crippen molar-refractivity contribution >= 4 is 34.2 Å². The average molecular weight is 619 g/mol. The summed E-state index contributed by atoms with van der Waals surface area (Å²) in [5, 5.41) is 9.34. The highest BCUT2D eigenvalue weighted by Gasteiger charge is 2.32. The molecular formula is C34H37F3N6O2. The van der Waals surface area contributed by atoms with Crippen LogP contribution in [0.3, 0.4) is 0 Å². The van der Waals surface area contributed by atoms with Crippen LogP contribution >= 0.6 is 0 Å². The minimum Gasteiger partial charge on any atom is -0.384 e. The molecule has 1 fully saturated rings. The zero-order valence-corrected chi connectivity index (χ0v) is 25.2. The van der Waals surface area contributed by atoms with E-state index in [1.165, 1.54) is 31.4 Å². The summed E-state index contributed by atoms with van der Waals surface area (Å²) < 4.78 is 41.3. The SMILES string of the molecule is CCCC1C(=O)Nc2ccc(NCCN3CCCCC3)cc2-c2nc3cc(C(=O)NCc4cccc(C(F)(F)F)c4)ccc3n21. The van der Waals surface area contributed by atoms with Gasteiger partial charge in [0.15, 0.2) is 0 Å². The first-order chi connectivity index (χ1) is 21.7. The number of alkyl halides is 3. The van der Waals surface area contributed by atoms with Crippen molar-refractivity contribution in [3.8, 4) is 11.4 Å². The number of rotatable bonds is 9. The molecule has 0 aliphatic carbocycles. The van der Waals surface area contributed by atoms with Crippen molar-refractivity contribution in [3.63, 3.8) is 0 Å². The van der Waals surface area contributed by atoms with Gasteiger partial charge in [0.05, 0.1) is 22.3 Å². The Morgan fingerprint density at radius 1 is 1.04 bits per heavy atom. The Morgan fingerprint density at radius 2 is 1.87 bits per heavy atom. The molecule has 11 heteroatoms. The number of anilines is 2. The van der Waals surface area contributed by atoms with Crippen LogP contribution in [0.15, 0.2) is 60.7 Å². The lowest BCUT2D eigenvalue weighted by atomic mass is 10.1. The molecule has 4 aromatic rings. The highest BCUT2D eigenvalue weighted by molar-refractivity contribution is 6.03. The van der Waals surface area contributed by atoms with Gasteiger partial charge in [-0.15, -0.1) is 0 Å². The van der Waals surface area contributed by atoms with Gasteiger partial charge in [-0.1, -0.05) is 31.9 Å². The third kappa shape index (κ3) is 6.68. The van der Waals surface area contributed by atoms with Crippen LogP contribution in [0, 0.1) is 0 Å². The molecule has 1 saturated heterocycles. The number of hydrogen-bond acceptors (Lipinski definition) is 5. The van der Waals surface area contributed by atoms with Crippen LogP contribution in [-0.4, -0.2) is 52.4 Å². The molecular weight excluding hydrogens is 581 g/mol. The molecule has 1 unspecified atom stereocenters. The number of aromatic nitrogens is 2. The molecule has 3 aromatic carbocycles. The summed E-state index contributed by atoms with van der Waals surface area (Å²) in [5.41, 5.74) is 3.59. The van der Waals surface area contributed by atoms with Gasteiger partial charge in [-0.3, -0.25) is 9.59 Å². The van der Waals surface area contributed by atoms with E-state index in [2.05, 4.69) is 20.9 Å². The summed E-state index contributed by atoms with van der Waals surface area (Å²) in [6.07, 6.45) is 0.719. The van der Waals surface area contributed by atoms with E-state index in [0.717, 1.165) is 61.5 Å². The third-order valence-electron chi connectivity index (χ3n) is 8.56. The van der Waals surface area contributed by atoms with Gasteiger partial charge in [0, 0.05) is 36.4 Å². The van der Waals surface area contributed by atoms with Crippen LogP contribution in [0.25, 0.3) is 22.4 Å². The number of hydrogen-bond donors (Lipinski definition) is 3. The molecule has 2 aliphatic rings. The van der Waals surface area contributed by atoms with E-state index in [0.29, 0.717) is 34.6 Å². The summed E-state index contributed by atoms with van der Waals surface area (Å²) in [6, 6.07) is 15.4. The molecule has 1 atom stereocenters. The van der Waals surface area contributed by atoms with Crippen molar-refractivity contribution in [2.45, 2.75) is 57.8 Å². The first-order valence-corrected chi connectivity index (χ1v) is 15.6. The van der Waals surface area contributed by atoms with Crippen molar-refractivity contribution < 1.29 is 22.8 Å². The van der Waals surface area contributed by atoms with Crippen molar-refractivity contribution in [3.05, 3.63) is 77.4 Å². The lowest BCUT2D eigenvalue weighted by Crippen LogP contribution is -2.33. The van der Waals surface area contributed by atoms with Gasteiger partial charge in [0.25, 0.3) is 5.91 Å². The smallest absolute Gasteiger partial charge is 0.384 e. The second-order valence-electron chi connectivity index (χ2n) is 11.8. The highest BCUT2D eigenvalue weighted by atomic mass is 19.4. The van der Waals surface area contributed by atoms with Gasteiger partial charge in [0.2, 0.25) is 5.91 Å². The van der Waals surface area contributed by atoms with Gasteiger partial charge in [-0.25, -0.2) is 4.98 Å². The fraction of sp³-hybridized carbons (Fsp3) is 0.382. The second-order valence-corrected chi connectivity index (χ2v) is 11.8. The number of halogens is 3. The molecule has 0 bridgehead atoms. The predicted molar refractivity (Wildman–Crippen MR) is 169 cm³/mol. The first kappa shape index (κ1) is 30.6. The maximum atomic E-state index is 13.5. The monoisotopic (exact) mass is 618 g/mol. The lowest BCUT2D eigenvalue weighted by molar-refractivity contribution is -0.137. The van der Waals surface area contributed by atoms with Crippen molar-refractivity contribution in [2.24, 2.45) is 0 Å². The molecule has 8 nitrogen and oxygen atoms in total.